The Balaban J connectivity index is 0.00000210. The van der Waals surface area contributed by atoms with E-state index in [0.29, 0.717) is 12.1 Å². The highest BCUT2D eigenvalue weighted by molar-refractivity contribution is 9.09. The van der Waals surface area contributed by atoms with Crippen LogP contribution >= 0.6 is 15.9 Å². The highest BCUT2D eigenvalue weighted by Crippen LogP contribution is 2.45. The van der Waals surface area contributed by atoms with E-state index in [4.69, 9.17) is 9.47 Å². The summed E-state index contributed by atoms with van der Waals surface area (Å²) < 4.78 is 15.0. The van der Waals surface area contributed by atoms with Crippen LogP contribution in [-0.4, -0.2) is 41.2 Å². The summed E-state index contributed by atoms with van der Waals surface area (Å²) >= 11 is 3.77. The largest absolute Gasteiger partial charge is 1.00 e. The molecule has 1 aromatic rings. The zero-order chi connectivity index (χ0) is 17.8. The zero-order valence-corrected chi connectivity index (χ0v) is 19.2. The quantitative estimate of drug-likeness (QED) is 0.455. The van der Waals surface area contributed by atoms with Crippen LogP contribution in [0.3, 0.4) is 0 Å². The lowest BCUT2D eigenvalue weighted by molar-refractivity contribution is -0.564. The maximum absolute atomic E-state index is 6.57. The van der Waals surface area contributed by atoms with Crippen molar-refractivity contribution in [3.05, 3.63) is 35.9 Å². The first-order valence-electron chi connectivity index (χ1n) is 10.3. The van der Waals surface area contributed by atoms with Gasteiger partial charge in [0, 0.05) is 18.6 Å². The molecule has 0 amide bonds. The van der Waals surface area contributed by atoms with Crippen LogP contribution < -0.4 is 17.0 Å². The summed E-state index contributed by atoms with van der Waals surface area (Å²) in [7, 11) is 0. The Labute approximate surface area is 182 Å². The van der Waals surface area contributed by atoms with Gasteiger partial charge in [0.1, 0.15) is 6.21 Å². The highest BCUT2D eigenvalue weighted by Gasteiger charge is 2.52. The van der Waals surface area contributed by atoms with Gasteiger partial charge in [0.15, 0.2) is 18.9 Å². The normalized spacial score (nSPS) is 33.5. The highest BCUT2D eigenvalue weighted by atomic mass is 79.9. The Bertz CT molecular complexity index is 618. The van der Waals surface area contributed by atoms with E-state index in [0.717, 1.165) is 24.9 Å². The summed E-state index contributed by atoms with van der Waals surface area (Å²) in [5, 5.41) is 1.02. The van der Waals surface area contributed by atoms with Crippen LogP contribution in [0.5, 0.6) is 0 Å². The molecule has 1 aliphatic carbocycles. The number of nitrogens with zero attached hydrogens (tertiary/aromatic N) is 1. The minimum Gasteiger partial charge on any atom is -1.00 e. The van der Waals surface area contributed by atoms with Crippen LogP contribution in [0.2, 0.25) is 0 Å². The first-order chi connectivity index (χ1) is 12.8. The minimum absolute atomic E-state index is 0. The van der Waals surface area contributed by atoms with Crippen molar-refractivity contribution in [2.24, 2.45) is 5.41 Å². The summed E-state index contributed by atoms with van der Waals surface area (Å²) in [6.45, 7) is 1.85. The van der Waals surface area contributed by atoms with Crippen molar-refractivity contribution < 1.29 is 31.0 Å². The molecule has 4 atom stereocenters. The van der Waals surface area contributed by atoms with E-state index in [2.05, 4.69) is 57.1 Å². The van der Waals surface area contributed by atoms with Gasteiger partial charge in [0.25, 0.3) is 0 Å². The molecule has 2 fully saturated rings. The SMILES string of the molecule is BrCC1C[C@@]2(C=[N+]1Cc1ccccc1)CCCC[C@@H]2OC1CCCCO1.[Br-]. The second-order valence-electron chi connectivity index (χ2n) is 8.20. The molecule has 2 heterocycles. The van der Waals surface area contributed by atoms with Crippen molar-refractivity contribution in [1.29, 1.82) is 0 Å². The fourth-order valence-electron chi connectivity index (χ4n) is 4.98. The van der Waals surface area contributed by atoms with Gasteiger partial charge >= 0.3 is 0 Å². The zero-order valence-electron chi connectivity index (χ0n) is 16.0. The van der Waals surface area contributed by atoms with Gasteiger partial charge in [-0.1, -0.05) is 59.1 Å². The molecule has 1 saturated heterocycles. The van der Waals surface area contributed by atoms with Gasteiger partial charge in [-0.25, -0.2) is 4.58 Å². The lowest BCUT2D eigenvalue weighted by Crippen LogP contribution is -3.00. The summed E-state index contributed by atoms with van der Waals surface area (Å²) in [5.41, 5.74) is 1.57. The standard InChI is InChI=1S/C22H31BrNO2.BrH/c23-15-19-14-22(17-24(19)16-18-8-2-1-3-9-18)12-6-4-10-20(22)26-21-11-5-7-13-25-21;/h1-3,8-9,17,19-21H,4-7,10-16H2;1H/q+1;/p-1/t19?,20-,21?,22+;/m0./s1. The summed E-state index contributed by atoms with van der Waals surface area (Å²) in [6.07, 6.45) is 12.5. The molecule has 0 radical (unpaired) electrons. The molecule has 5 heteroatoms. The molecule has 3 aliphatic rings. The van der Waals surface area contributed by atoms with Crippen LogP contribution in [0, 0.1) is 5.41 Å². The van der Waals surface area contributed by atoms with Gasteiger partial charge in [-0.3, -0.25) is 0 Å². The fourth-order valence-corrected chi connectivity index (χ4v) is 5.58. The van der Waals surface area contributed by atoms with Crippen molar-refractivity contribution in [2.45, 2.75) is 76.3 Å². The number of hydrogen-bond donors (Lipinski definition) is 0. The Kier molecular flexibility index (Phi) is 7.95. The van der Waals surface area contributed by atoms with Gasteiger partial charge in [0.2, 0.25) is 0 Å². The van der Waals surface area contributed by atoms with Crippen molar-refractivity contribution in [3.8, 4) is 0 Å². The molecule has 0 aromatic heterocycles. The molecule has 0 bridgehead atoms. The molecule has 3 nitrogen and oxygen atoms in total. The van der Waals surface area contributed by atoms with Gasteiger partial charge < -0.3 is 26.5 Å². The Morgan fingerprint density at radius 3 is 2.67 bits per heavy atom. The Morgan fingerprint density at radius 1 is 1.11 bits per heavy atom. The number of halogens is 2. The molecule has 1 aromatic carbocycles. The van der Waals surface area contributed by atoms with E-state index < -0.39 is 0 Å². The average Bonchev–Trinajstić information content (AvgIpc) is 3.03. The van der Waals surface area contributed by atoms with Crippen molar-refractivity contribution in [1.82, 2.24) is 0 Å². The Morgan fingerprint density at radius 2 is 1.93 bits per heavy atom. The van der Waals surface area contributed by atoms with E-state index >= 15 is 0 Å². The molecular formula is C22H31Br2NO2. The summed E-state index contributed by atoms with van der Waals surface area (Å²) in [5.74, 6) is 0. The van der Waals surface area contributed by atoms with Crippen molar-refractivity contribution >= 4 is 22.1 Å². The van der Waals surface area contributed by atoms with Gasteiger partial charge in [-0.2, -0.15) is 0 Å². The second kappa shape index (κ2) is 10.00. The number of rotatable bonds is 5. The fraction of sp³-hybridized carbons (Fsp3) is 0.682. The average molecular weight is 501 g/mol. The van der Waals surface area contributed by atoms with Crippen LogP contribution in [0.4, 0.5) is 0 Å². The topological polar surface area (TPSA) is 21.5 Å². The first kappa shape index (κ1) is 21.5. The van der Waals surface area contributed by atoms with Crippen molar-refractivity contribution in [3.63, 3.8) is 0 Å². The first-order valence-corrected chi connectivity index (χ1v) is 11.4. The third-order valence-corrected chi connectivity index (χ3v) is 7.09. The smallest absolute Gasteiger partial charge is 0.168 e. The van der Waals surface area contributed by atoms with Crippen LogP contribution in [0.15, 0.2) is 30.3 Å². The number of ether oxygens (including phenoxy) is 2. The predicted molar refractivity (Wildman–Crippen MR) is 108 cm³/mol. The van der Waals surface area contributed by atoms with E-state index in [9.17, 15) is 0 Å². The molecule has 1 saturated carbocycles. The number of alkyl halides is 1. The number of benzene rings is 1. The minimum atomic E-state index is 0. The third-order valence-electron chi connectivity index (χ3n) is 6.35. The maximum Gasteiger partial charge on any atom is 0.168 e. The predicted octanol–water partition coefficient (Wildman–Crippen LogP) is 1.91. The van der Waals surface area contributed by atoms with Crippen LogP contribution in [-0.2, 0) is 16.0 Å². The molecule has 2 unspecified atom stereocenters. The molecule has 150 valence electrons. The molecule has 27 heavy (non-hydrogen) atoms. The van der Waals surface area contributed by atoms with Gasteiger partial charge in [-0.05, 0) is 32.1 Å². The van der Waals surface area contributed by atoms with E-state index in [1.54, 1.807) is 0 Å². The van der Waals surface area contributed by atoms with Crippen LogP contribution in [0.25, 0.3) is 0 Å². The molecule has 0 N–H and O–H groups in total. The Hall–Kier alpha value is -0.230. The monoisotopic (exact) mass is 499 g/mol. The third kappa shape index (κ3) is 5.04. The summed E-state index contributed by atoms with van der Waals surface area (Å²) in [4.78, 5) is 0. The van der Waals surface area contributed by atoms with Crippen molar-refractivity contribution in [2.75, 3.05) is 11.9 Å². The van der Waals surface area contributed by atoms with E-state index in [-0.39, 0.29) is 28.7 Å². The van der Waals surface area contributed by atoms with E-state index in [1.807, 2.05) is 0 Å². The van der Waals surface area contributed by atoms with Gasteiger partial charge in [-0.15, -0.1) is 0 Å². The van der Waals surface area contributed by atoms with Gasteiger partial charge in [0.05, 0.1) is 16.8 Å². The maximum atomic E-state index is 6.57. The van der Waals surface area contributed by atoms with E-state index in [1.165, 1.54) is 50.5 Å². The second-order valence-corrected chi connectivity index (χ2v) is 8.85. The lowest BCUT2D eigenvalue weighted by atomic mass is 9.70. The summed E-state index contributed by atoms with van der Waals surface area (Å²) in [6, 6.07) is 11.4. The van der Waals surface area contributed by atoms with Crippen LogP contribution in [0.1, 0.15) is 56.9 Å². The molecular weight excluding hydrogens is 470 g/mol. The molecule has 2 aliphatic heterocycles. The molecule has 4 rings (SSSR count). The number of hydrogen-bond acceptors (Lipinski definition) is 2. The molecule has 1 spiro atoms. The lowest BCUT2D eigenvalue weighted by Gasteiger charge is -2.39.